The third-order valence-corrected chi connectivity index (χ3v) is 6.09. The Morgan fingerprint density at radius 3 is 2.58 bits per heavy atom. The molecule has 6 nitrogen and oxygen atoms in total. The molecule has 0 bridgehead atoms. The molecular formula is C22H16BrF3N4O2S. The van der Waals surface area contributed by atoms with E-state index < -0.39 is 17.6 Å². The predicted molar refractivity (Wildman–Crippen MR) is 120 cm³/mol. The molecule has 0 unspecified atom stereocenters. The van der Waals surface area contributed by atoms with Gasteiger partial charge in [-0.25, -0.2) is 0 Å². The number of aromatic nitrogens is 3. The van der Waals surface area contributed by atoms with Crippen molar-refractivity contribution >= 4 is 33.6 Å². The molecule has 2 aromatic heterocycles. The van der Waals surface area contributed by atoms with Gasteiger partial charge in [-0.2, -0.15) is 13.2 Å². The number of carbonyl (C=O) groups excluding carboxylic acids is 1. The number of nitrogens with one attached hydrogen (secondary N) is 1. The van der Waals surface area contributed by atoms with Crippen molar-refractivity contribution in [3.63, 3.8) is 0 Å². The molecule has 170 valence electrons. The molecule has 4 rings (SSSR count). The topological polar surface area (TPSA) is 73.0 Å². The second-order valence-corrected chi connectivity index (χ2v) is 8.72. The van der Waals surface area contributed by atoms with Crippen molar-refractivity contribution in [2.45, 2.75) is 23.6 Å². The molecule has 0 fully saturated rings. The number of thioether (sulfide) groups is 1. The van der Waals surface area contributed by atoms with Crippen LogP contribution in [0.2, 0.25) is 0 Å². The molecule has 2 aromatic carbocycles. The van der Waals surface area contributed by atoms with Crippen molar-refractivity contribution in [2.75, 3.05) is 0 Å². The van der Waals surface area contributed by atoms with Gasteiger partial charge in [0, 0.05) is 10.2 Å². The molecule has 1 N–H and O–H groups in total. The fraction of sp³-hybridized carbons (Fsp3) is 0.136. The minimum atomic E-state index is -4.50. The van der Waals surface area contributed by atoms with Gasteiger partial charge in [0.25, 0.3) is 5.91 Å². The summed E-state index contributed by atoms with van der Waals surface area (Å²) < 4.78 is 47.4. The largest absolute Gasteiger partial charge is 0.459 e. The number of nitrogens with zero attached hydrogens (tertiary/aromatic N) is 3. The molecule has 4 aromatic rings. The molecule has 0 saturated carbocycles. The Balaban J connectivity index is 1.63. The number of benzene rings is 2. The van der Waals surface area contributed by atoms with E-state index in [1.54, 1.807) is 12.1 Å². The van der Waals surface area contributed by atoms with E-state index in [1.807, 2.05) is 24.3 Å². The predicted octanol–water partition coefficient (Wildman–Crippen LogP) is 5.86. The van der Waals surface area contributed by atoms with Crippen LogP contribution in [0, 0.1) is 0 Å². The molecule has 0 spiro atoms. The molecule has 0 aliphatic rings. The highest BCUT2D eigenvalue weighted by Gasteiger charge is 2.31. The Morgan fingerprint density at radius 2 is 1.88 bits per heavy atom. The molecule has 0 radical (unpaired) electrons. The van der Waals surface area contributed by atoms with E-state index in [-0.39, 0.29) is 23.8 Å². The molecular weight excluding hydrogens is 521 g/mol. The summed E-state index contributed by atoms with van der Waals surface area (Å²) >= 11 is 4.72. The van der Waals surface area contributed by atoms with E-state index >= 15 is 0 Å². The SMILES string of the molecule is O=C(NCc1nnc(SCc2ccc(Br)cc2)n1-c1cccc(C(F)(F)F)c1)c1ccco1. The summed E-state index contributed by atoms with van der Waals surface area (Å²) in [6, 6.07) is 15.7. The Hall–Kier alpha value is -3.05. The van der Waals surface area contributed by atoms with Gasteiger partial charge in [-0.05, 0) is 48.0 Å². The Morgan fingerprint density at radius 1 is 1.09 bits per heavy atom. The number of halogens is 4. The van der Waals surface area contributed by atoms with E-state index in [0.717, 1.165) is 22.2 Å². The van der Waals surface area contributed by atoms with Crippen LogP contribution >= 0.6 is 27.7 Å². The number of carbonyl (C=O) groups is 1. The number of alkyl halides is 3. The third-order valence-electron chi connectivity index (χ3n) is 4.57. The lowest BCUT2D eigenvalue weighted by Crippen LogP contribution is -2.24. The van der Waals surface area contributed by atoms with Gasteiger partial charge in [-0.1, -0.05) is 45.9 Å². The van der Waals surface area contributed by atoms with Crippen LogP contribution in [0.25, 0.3) is 5.69 Å². The van der Waals surface area contributed by atoms with Crippen LogP contribution in [-0.2, 0) is 18.5 Å². The average molecular weight is 537 g/mol. The highest BCUT2D eigenvalue weighted by molar-refractivity contribution is 9.10. The normalized spacial score (nSPS) is 11.5. The molecule has 0 saturated heterocycles. The first-order chi connectivity index (χ1) is 15.8. The molecule has 0 atom stereocenters. The van der Waals surface area contributed by atoms with Crippen molar-refractivity contribution in [2.24, 2.45) is 0 Å². The zero-order valence-electron chi connectivity index (χ0n) is 16.8. The van der Waals surface area contributed by atoms with Crippen molar-refractivity contribution in [3.05, 3.63) is 94.1 Å². The number of hydrogen-bond acceptors (Lipinski definition) is 5. The van der Waals surface area contributed by atoms with E-state index in [4.69, 9.17) is 4.42 Å². The van der Waals surface area contributed by atoms with E-state index in [9.17, 15) is 18.0 Å². The number of hydrogen-bond donors (Lipinski definition) is 1. The number of rotatable bonds is 7. The second kappa shape index (κ2) is 9.84. The van der Waals surface area contributed by atoms with Gasteiger partial charge in [-0.3, -0.25) is 9.36 Å². The number of amides is 1. The molecule has 2 heterocycles. The first kappa shape index (κ1) is 23.1. The van der Waals surface area contributed by atoms with E-state index in [0.29, 0.717) is 10.9 Å². The molecule has 11 heteroatoms. The summed E-state index contributed by atoms with van der Waals surface area (Å²) in [6.07, 6.45) is -3.13. The van der Waals surface area contributed by atoms with Crippen LogP contribution in [0.1, 0.15) is 27.5 Å². The van der Waals surface area contributed by atoms with Crippen LogP contribution < -0.4 is 5.32 Å². The van der Waals surface area contributed by atoms with Crippen molar-refractivity contribution in [3.8, 4) is 5.69 Å². The first-order valence-corrected chi connectivity index (χ1v) is 11.4. The van der Waals surface area contributed by atoms with E-state index in [2.05, 4.69) is 31.4 Å². The molecule has 0 aliphatic carbocycles. The van der Waals surface area contributed by atoms with Crippen LogP contribution in [0.5, 0.6) is 0 Å². The molecule has 33 heavy (non-hydrogen) atoms. The average Bonchev–Trinajstić information content (AvgIpc) is 3.47. The number of furan rings is 1. The lowest BCUT2D eigenvalue weighted by atomic mass is 10.2. The standard InChI is InChI=1S/C22H16BrF3N4O2S/c23-16-8-6-14(7-9-16)13-33-21-29-28-19(12-27-20(31)18-5-2-10-32-18)30(21)17-4-1-3-15(11-17)22(24,25)26/h1-11H,12-13H2,(H,27,31). The maximum Gasteiger partial charge on any atom is 0.416 e. The Bertz CT molecular complexity index is 1240. The second-order valence-electron chi connectivity index (χ2n) is 6.86. The van der Waals surface area contributed by atoms with Crippen LogP contribution in [-0.4, -0.2) is 20.7 Å². The third kappa shape index (κ3) is 5.66. The monoisotopic (exact) mass is 536 g/mol. The van der Waals surface area contributed by atoms with Crippen LogP contribution in [0.3, 0.4) is 0 Å². The smallest absolute Gasteiger partial charge is 0.416 e. The van der Waals surface area contributed by atoms with Gasteiger partial charge in [0.05, 0.1) is 24.1 Å². The minimum absolute atomic E-state index is 0.0539. The summed E-state index contributed by atoms with van der Waals surface area (Å²) in [7, 11) is 0. The highest BCUT2D eigenvalue weighted by Crippen LogP contribution is 2.32. The fourth-order valence-corrected chi connectivity index (χ4v) is 4.16. The van der Waals surface area contributed by atoms with Crippen molar-refractivity contribution < 1.29 is 22.4 Å². The lowest BCUT2D eigenvalue weighted by Gasteiger charge is -2.13. The van der Waals surface area contributed by atoms with Gasteiger partial charge in [0.1, 0.15) is 0 Å². The zero-order chi connectivity index (χ0) is 23.4. The lowest BCUT2D eigenvalue weighted by molar-refractivity contribution is -0.137. The Labute approximate surface area is 199 Å². The Kier molecular flexibility index (Phi) is 6.89. The minimum Gasteiger partial charge on any atom is -0.459 e. The maximum absolute atomic E-state index is 13.3. The summed E-state index contributed by atoms with van der Waals surface area (Å²) in [5.74, 6) is 0.462. The van der Waals surface area contributed by atoms with Gasteiger partial charge in [-0.15, -0.1) is 10.2 Å². The van der Waals surface area contributed by atoms with Crippen LogP contribution in [0.15, 0.2) is 81.0 Å². The summed E-state index contributed by atoms with van der Waals surface area (Å²) in [5.41, 5.74) is 0.466. The van der Waals surface area contributed by atoms with Crippen LogP contribution in [0.4, 0.5) is 13.2 Å². The highest BCUT2D eigenvalue weighted by atomic mass is 79.9. The van der Waals surface area contributed by atoms with Gasteiger partial charge in [0.2, 0.25) is 0 Å². The van der Waals surface area contributed by atoms with Gasteiger partial charge >= 0.3 is 6.18 Å². The zero-order valence-corrected chi connectivity index (χ0v) is 19.2. The first-order valence-electron chi connectivity index (χ1n) is 9.62. The van der Waals surface area contributed by atoms with Crippen molar-refractivity contribution in [1.82, 2.24) is 20.1 Å². The quantitative estimate of drug-likeness (QED) is 0.299. The van der Waals surface area contributed by atoms with Gasteiger partial charge in [0.15, 0.2) is 16.7 Å². The summed E-state index contributed by atoms with van der Waals surface area (Å²) in [6.45, 7) is -0.0539. The fourth-order valence-electron chi connectivity index (χ4n) is 2.97. The summed E-state index contributed by atoms with van der Waals surface area (Å²) in [4.78, 5) is 12.2. The van der Waals surface area contributed by atoms with E-state index in [1.165, 1.54) is 34.7 Å². The van der Waals surface area contributed by atoms with Gasteiger partial charge < -0.3 is 9.73 Å². The molecule has 0 aliphatic heterocycles. The maximum atomic E-state index is 13.3. The summed E-state index contributed by atoms with van der Waals surface area (Å²) in [5, 5.41) is 11.3. The van der Waals surface area contributed by atoms with Crippen molar-refractivity contribution in [1.29, 1.82) is 0 Å². The molecule has 1 amide bonds.